The SMILES string of the molecule is C=C/C=C(/CCC(O)CCCC)C(C)NC. The number of likely N-dealkylation sites (N-methyl/N-ethyl adjacent to an activating group) is 1. The van der Waals surface area contributed by atoms with E-state index < -0.39 is 0 Å². The predicted octanol–water partition coefficient (Wildman–Crippen LogP) is 3.04. The molecule has 0 aliphatic carbocycles. The van der Waals surface area contributed by atoms with E-state index in [1.54, 1.807) is 0 Å². The lowest BCUT2D eigenvalue weighted by molar-refractivity contribution is 0.151. The molecule has 2 atom stereocenters. The summed E-state index contributed by atoms with van der Waals surface area (Å²) in [7, 11) is 1.95. The summed E-state index contributed by atoms with van der Waals surface area (Å²) in [4.78, 5) is 0. The van der Waals surface area contributed by atoms with Crippen molar-refractivity contribution < 1.29 is 5.11 Å². The molecule has 0 aliphatic heterocycles. The number of nitrogens with one attached hydrogen (secondary N) is 1. The van der Waals surface area contributed by atoms with Crippen LogP contribution in [0.25, 0.3) is 0 Å². The van der Waals surface area contributed by atoms with Crippen molar-refractivity contribution in [1.29, 1.82) is 0 Å². The van der Waals surface area contributed by atoms with E-state index in [9.17, 15) is 5.11 Å². The highest BCUT2D eigenvalue weighted by Gasteiger charge is 2.09. The highest BCUT2D eigenvalue weighted by Crippen LogP contribution is 2.15. The summed E-state index contributed by atoms with van der Waals surface area (Å²) in [5, 5.41) is 13.0. The third-order valence-electron chi connectivity index (χ3n) is 2.98. The predicted molar refractivity (Wildman–Crippen MR) is 71.6 cm³/mol. The zero-order chi connectivity index (χ0) is 12.4. The fourth-order valence-electron chi connectivity index (χ4n) is 1.70. The lowest BCUT2D eigenvalue weighted by Crippen LogP contribution is -2.24. The van der Waals surface area contributed by atoms with Gasteiger partial charge in [0.1, 0.15) is 0 Å². The second-order valence-electron chi connectivity index (χ2n) is 4.32. The Hall–Kier alpha value is -0.600. The maximum absolute atomic E-state index is 9.78. The molecular weight excluding hydrogens is 198 g/mol. The Balaban J connectivity index is 4.02. The van der Waals surface area contributed by atoms with Gasteiger partial charge in [0, 0.05) is 6.04 Å². The van der Waals surface area contributed by atoms with Crippen molar-refractivity contribution in [2.75, 3.05) is 7.05 Å². The van der Waals surface area contributed by atoms with Gasteiger partial charge in [0.2, 0.25) is 0 Å². The molecule has 0 bridgehead atoms. The Kier molecular flexibility index (Phi) is 9.25. The smallest absolute Gasteiger partial charge is 0.0543 e. The zero-order valence-corrected chi connectivity index (χ0v) is 11.0. The van der Waals surface area contributed by atoms with Crippen molar-refractivity contribution in [2.24, 2.45) is 0 Å². The molecule has 0 saturated heterocycles. The van der Waals surface area contributed by atoms with E-state index in [0.717, 1.165) is 32.1 Å². The van der Waals surface area contributed by atoms with Crippen LogP contribution < -0.4 is 5.32 Å². The third-order valence-corrected chi connectivity index (χ3v) is 2.98. The molecule has 0 radical (unpaired) electrons. The van der Waals surface area contributed by atoms with Gasteiger partial charge in [-0.25, -0.2) is 0 Å². The van der Waals surface area contributed by atoms with Crippen molar-refractivity contribution in [1.82, 2.24) is 5.32 Å². The molecule has 94 valence electrons. The number of aliphatic hydroxyl groups is 1. The molecule has 0 spiro atoms. The summed E-state index contributed by atoms with van der Waals surface area (Å²) in [6.07, 6.45) is 8.70. The van der Waals surface area contributed by atoms with Crippen molar-refractivity contribution >= 4 is 0 Å². The van der Waals surface area contributed by atoms with Gasteiger partial charge in [-0.1, -0.05) is 44.1 Å². The number of allylic oxidation sites excluding steroid dienone is 2. The second kappa shape index (κ2) is 9.61. The minimum atomic E-state index is -0.155. The van der Waals surface area contributed by atoms with Crippen molar-refractivity contribution in [3.8, 4) is 0 Å². The summed E-state index contributed by atoms with van der Waals surface area (Å²) in [6.45, 7) is 8.01. The Morgan fingerprint density at radius 3 is 2.62 bits per heavy atom. The van der Waals surface area contributed by atoms with E-state index in [1.807, 2.05) is 19.2 Å². The van der Waals surface area contributed by atoms with Crippen molar-refractivity contribution in [2.45, 2.75) is 58.1 Å². The molecule has 2 N–H and O–H groups in total. The fourth-order valence-corrected chi connectivity index (χ4v) is 1.70. The Bertz CT molecular complexity index is 211. The van der Waals surface area contributed by atoms with Crippen LogP contribution in [0.15, 0.2) is 24.3 Å². The van der Waals surface area contributed by atoms with Crippen LogP contribution in [0.4, 0.5) is 0 Å². The topological polar surface area (TPSA) is 32.3 Å². The lowest BCUT2D eigenvalue weighted by atomic mass is 9.98. The van der Waals surface area contributed by atoms with Crippen molar-refractivity contribution in [3.63, 3.8) is 0 Å². The van der Waals surface area contributed by atoms with Crippen molar-refractivity contribution in [3.05, 3.63) is 24.3 Å². The van der Waals surface area contributed by atoms with E-state index in [4.69, 9.17) is 0 Å². The van der Waals surface area contributed by atoms with Crippen LogP contribution in [-0.2, 0) is 0 Å². The minimum Gasteiger partial charge on any atom is -0.393 e. The van der Waals surface area contributed by atoms with Gasteiger partial charge in [0.15, 0.2) is 0 Å². The van der Waals surface area contributed by atoms with E-state index >= 15 is 0 Å². The van der Waals surface area contributed by atoms with Crippen LogP contribution in [0.3, 0.4) is 0 Å². The maximum Gasteiger partial charge on any atom is 0.0543 e. The van der Waals surface area contributed by atoms with Crippen LogP contribution in [-0.4, -0.2) is 24.3 Å². The van der Waals surface area contributed by atoms with Crippen LogP contribution >= 0.6 is 0 Å². The van der Waals surface area contributed by atoms with Crippen LogP contribution in [0.1, 0.15) is 46.0 Å². The van der Waals surface area contributed by atoms with Crippen LogP contribution in [0.2, 0.25) is 0 Å². The molecule has 0 aliphatic rings. The van der Waals surface area contributed by atoms with Gasteiger partial charge >= 0.3 is 0 Å². The largest absolute Gasteiger partial charge is 0.393 e. The first-order chi connectivity index (χ1) is 7.65. The van der Waals surface area contributed by atoms with Crippen LogP contribution in [0, 0.1) is 0 Å². The molecule has 16 heavy (non-hydrogen) atoms. The molecule has 0 heterocycles. The highest BCUT2D eigenvalue weighted by molar-refractivity contribution is 5.15. The number of aliphatic hydroxyl groups excluding tert-OH is 1. The lowest BCUT2D eigenvalue weighted by Gasteiger charge is -2.17. The van der Waals surface area contributed by atoms with E-state index in [-0.39, 0.29) is 6.10 Å². The summed E-state index contributed by atoms with van der Waals surface area (Å²) < 4.78 is 0. The molecule has 0 rings (SSSR count). The van der Waals surface area contributed by atoms with Gasteiger partial charge in [-0.3, -0.25) is 0 Å². The highest BCUT2D eigenvalue weighted by atomic mass is 16.3. The first kappa shape index (κ1) is 15.4. The number of rotatable bonds is 9. The van der Waals surface area contributed by atoms with Gasteiger partial charge in [0.25, 0.3) is 0 Å². The Morgan fingerprint density at radius 2 is 2.12 bits per heavy atom. The zero-order valence-electron chi connectivity index (χ0n) is 11.0. The second-order valence-corrected chi connectivity index (χ2v) is 4.32. The summed E-state index contributed by atoms with van der Waals surface area (Å²) in [5.41, 5.74) is 1.31. The summed E-state index contributed by atoms with van der Waals surface area (Å²) >= 11 is 0. The van der Waals surface area contributed by atoms with E-state index in [1.165, 1.54) is 5.57 Å². The van der Waals surface area contributed by atoms with Crippen LogP contribution in [0.5, 0.6) is 0 Å². The number of hydrogen-bond acceptors (Lipinski definition) is 2. The molecule has 2 heteroatoms. The van der Waals surface area contributed by atoms with Gasteiger partial charge in [-0.2, -0.15) is 0 Å². The summed E-state index contributed by atoms with van der Waals surface area (Å²) in [6, 6.07) is 0.358. The third kappa shape index (κ3) is 6.81. The normalized spacial score (nSPS) is 15.9. The molecule has 2 nitrogen and oxygen atoms in total. The molecule has 0 amide bonds. The number of unbranched alkanes of at least 4 members (excludes halogenated alkanes) is 1. The average molecular weight is 225 g/mol. The fraction of sp³-hybridized carbons (Fsp3) is 0.714. The molecule has 0 fully saturated rings. The monoisotopic (exact) mass is 225 g/mol. The van der Waals surface area contributed by atoms with Gasteiger partial charge < -0.3 is 10.4 Å². The number of hydrogen-bond donors (Lipinski definition) is 2. The van der Waals surface area contributed by atoms with E-state index in [2.05, 4.69) is 25.7 Å². The minimum absolute atomic E-state index is 0.155. The maximum atomic E-state index is 9.78. The van der Waals surface area contributed by atoms with E-state index in [0.29, 0.717) is 6.04 Å². The molecule has 0 aromatic carbocycles. The van der Waals surface area contributed by atoms with Gasteiger partial charge in [-0.15, -0.1) is 0 Å². The summed E-state index contributed by atoms with van der Waals surface area (Å²) in [5.74, 6) is 0. The average Bonchev–Trinajstić information content (AvgIpc) is 2.30. The van der Waals surface area contributed by atoms with Gasteiger partial charge in [-0.05, 0) is 33.2 Å². The Morgan fingerprint density at radius 1 is 1.44 bits per heavy atom. The quantitative estimate of drug-likeness (QED) is 0.591. The standard InChI is InChI=1S/C14H27NO/c1-5-7-9-14(16)11-10-13(8-6-2)12(3)15-4/h6,8,12,14-16H,2,5,7,9-11H2,1,3-4H3/b13-8-. The first-order valence-electron chi connectivity index (χ1n) is 6.32. The molecule has 0 saturated carbocycles. The molecule has 0 aromatic heterocycles. The molecule has 0 aromatic rings. The van der Waals surface area contributed by atoms with Gasteiger partial charge in [0.05, 0.1) is 6.10 Å². The molecular formula is C14H27NO. The first-order valence-corrected chi connectivity index (χ1v) is 6.32. The Labute approximate surface area is 100 Å². The molecule has 2 unspecified atom stereocenters.